The van der Waals surface area contributed by atoms with E-state index < -0.39 is 6.09 Å². The molecule has 0 aliphatic heterocycles. The van der Waals surface area contributed by atoms with Crippen LogP contribution in [0.15, 0.2) is 78.9 Å². The van der Waals surface area contributed by atoms with Gasteiger partial charge in [0.15, 0.2) is 0 Å². The van der Waals surface area contributed by atoms with Crippen molar-refractivity contribution in [1.82, 2.24) is 10.6 Å². The van der Waals surface area contributed by atoms with Crippen LogP contribution in [0.2, 0.25) is 0 Å². The molecule has 29 heavy (non-hydrogen) atoms. The number of carbonyl (C=O) groups excluding carboxylic acids is 2. The molecule has 0 bridgehead atoms. The lowest BCUT2D eigenvalue weighted by atomic mass is 9.95. The monoisotopic (exact) mass is 388 g/mol. The SMILES string of the molecule is CCNC(=O)c1ccccc1-c1ccccc1CNC(=O)OCc1ccccc1. The van der Waals surface area contributed by atoms with E-state index in [1.54, 1.807) is 6.07 Å². The number of alkyl carbamates (subject to hydrolysis) is 1. The van der Waals surface area contributed by atoms with Gasteiger partial charge in [-0.05, 0) is 35.2 Å². The zero-order valence-electron chi connectivity index (χ0n) is 16.4. The molecule has 0 heterocycles. The summed E-state index contributed by atoms with van der Waals surface area (Å²) in [5.41, 5.74) is 4.17. The fourth-order valence-corrected chi connectivity index (χ4v) is 3.05. The number of carbonyl (C=O) groups is 2. The third kappa shape index (κ3) is 5.45. The number of benzene rings is 3. The molecule has 5 heteroatoms. The lowest BCUT2D eigenvalue weighted by Crippen LogP contribution is -2.24. The van der Waals surface area contributed by atoms with Gasteiger partial charge in [0.2, 0.25) is 0 Å². The van der Waals surface area contributed by atoms with Crippen LogP contribution in [0.5, 0.6) is 0 Å². The lowest BCUT2D eigenvalue weighted by Gasteiger charge is -2.14. The van der Waals surface area contributed by atoms with E-state index in [2.05, 4.69) is 10.6 Å². The van der Waals surface area contributed by atoms with Crippen molar-refractivity contribution in [3.05, 3.63) is 95.6 Å². The number of rotatable bonds is 7. The second-order valence-electron chi connectivity index (χ2n) is 6.48. The first-order valence-corrected chi connectivity index (χ1v) is 9.59. The molecule has 3 rings (SSSR count). The summed E-state index contributed by atoms with van der Waals surface area (Å²) in [5, 5.41) is 5.64. The van der Waals surface area contributed by atoms with Crippen molar-refractivity contribution in [2.75, 3.05) is 6.54 Å². The highest BCUT2D eigenvalue weighted by Crippen LogP contribution is 2.27. The molecule has 0 fully saturated rings. The van der Waals surface area contributed by atoms with Crippen molar-refractivity contribution in [2.45, 2.75) is 20.1 Å². The predicted octanol–water partition coefficient (Wildman–Crippen LogP) is 4.53. The molecule has 0 spiro atoms. The Morgan fingerprint density at radius 3 is 2.21 bits per heavy atom. The van der Waals surface area contributed by atoms with Gasteiger partial charge in [-0.25, -0.2) is 4.79 Å². The summed E-state index contributed by atoms with van der Waals surface area (Å²) >= 11 is 0. The molecule has 3 aromatic carbocycles. The van der Waals surface area contributed by atoms with Gasteiger partial charge in [-0.1, -0.05) is 72.8 Å². The van der Waals surface area contributed by atoms with Crippen LogP contribution in [-0.4, -0.2) is 18.5 Å². The van der Waals surface area contributed by atoms with Crippen molar-refractivity contribution >= 4 is 12.0 Å². The molecule has 0 radical (unpaired) electrons. The summed E-state index contributed by atoms with van der Waals surface area (Å²) in [6.07, 6.45) is -0.485. The second-order valence-corrected chi connectivity index (χ2v) is 6.48. The average Bonchev–Trinajstić information content (AvgIpc) is 2.77. The second kappa shape index (κ2) is 10.1. The largest absolute Gasteiger partial charge is 0.445 e. The van der Waals surface area contributed by atoms with E-state index in [1.807, 2.05) is 79.7 Å². The molecule has 0 saturated heterocycles. The summed E-state index contributed by atoms with van der Waals surface area (Å²) in [4.78, 5) is 24.5. The minimum absolute atomic E-state index is 0.117. The van der Waals surface area contributed by atoms with Crippen LogP contribution in [0.1, 0.15) is 28.4 Å². The van der Waals surface area contributed by atoms with Gasteiger partial charge in [0, 0.05) is 18.7 Å². The van der Waals surface area contributed by atoms with Crippen LogP contribution >= 0.6 is 0 Å². The highest BCUT2D eigenvalue weighted by atomic mass is 16.5. The van der Waals surface area contributed by atoms with Gasteiger partial charge in [-0.15, -0.1) is 0 Å². The highest BCUT2D eigenvalue weighted by molar-refractivity contribution is 6.01. The topological polar surface area (TPSA) is 67.4 Å². The molecule has 2 N–H and O–H groups in total. The minimum Gasteiger partial charge on any atom is -0.445 e. The van der Waals surface area contributed by atoms with Crippen molar-refractivity contribution in [2.24, 2.45) is 0 Å². The standard InChI is InChI=1S/C24H24N2O3/c1-2-25-23(27)22-15-9-8-14-21(22)20-13-7-6-12-19(20)16-26-24(28)29-17-18-10-4-3-5-11-18/h3-15H,2,16-17H2,1H3,(H,25,27)(H,26,28). The summed E-state index contributed by atoms with van der Waals surface area (Å²) in [5.74, 6) is -0.117. The van der Waals surface area contributed by atoms with E-state index in [9.17, 15) is 9.59 Å². The Bertz CT molecular complexity index is 971. The Morgan fingerprint density at radius 1 is 0.793 bits per heavy atom. The summed E-state index contributed by atoms with van der Waals surface area (Å²) in [6, 6.07) is 24.7. The average molecular weight is 388 g/mol. The first-order valence-electron chi connectivity index (χ1n) is 9.59. The molecule has 0 aliphatic carbocycles. The van der Waals surface area contributed by atoms with Crippen molar-refractivity contribution in [3.8, 4) is 11.1 Å². The van der Waals surface area contributed by atoms with Crippen LogP contribution in [0, 0.1) is 0 Å². The molecule has 0 unspecified atom stereocenters. The van der Waals surface area contributed by atoms with Gasteiger partial charge >= 0.3 is 6.09 Å². The highest BCUT2D eigenvalue weighted by Gasteiger charge is 2.14. The number of amides is 2. The van der Waals surface area contributed by atoms with E-state index in [0.29, 0.717) is 18.7 Å². The van der Waals surface area contributed by atoms with Gasteiger partial charge in [-0.3, -0.25) is 4.79 Å². The van der Waals surface area contributed by atoms with E-state index in [-0.39, 0.29) is 12.5 Å². The molecule has 2 amide bonds. The van der Waals surface area contributed by atoms with Gasteiger partial charge in [-0.2, -0.15) is 0 Å². The smallest absolute Gasteiger partial charge is 0.407 e. The maximum atomic E-state index is 12.4. The molecule has 3 aromatic rings. The molecule has 0 saturated carbocycles. The van der Waals surface area contributed by atoms with E-state index >= 15 is 0 Å². The third-order valence-corrected chi connectivity index (χ3v) is 4.45. The van der Waals surface area contributed by atoms with Gasteiger partial charge in [0.25, 0.3) is 5.91 Å². The fourth-order valence-electron chi connectivity index (χ4n) is 3.05. The van der Waals surface area contributed by atoms with Crippen molar-refractivity contribution in [3.63, 3.8) is 0 Å². The summed E-state index contributed by atoms with van der Waals surface area (Å²) in [7, 11) is 0. The Kier molecular flexibility index (Phi) is 7.00. The van der Waals surface area contributed by atoms with Gasteiger partial charge < -0.3 is 15.4 Å². The van der Waals surface area contributed by atoms with Crippen LogP contribution < -0.4 is 10.6 Å². The predicted molar refractivity (Wildman–Crippen MR) is 113 cm³/mol. The minimum atomic E-state index is -0.485. The quantitative estimate of drug-likeness (QED) is 0.625. The van der Waals surface area contributed by atoms with Crippen LogP contribution in [0.25, 0.3) is 11.1 Å². The number of hydrogen-bond acceptors (Lipinski definition) is 3. The summed E-state index contributed by atoms with van der Waals surface area (Å²) in [6.45, 7) is 2.96. The molecule has 0 atom stereocenters. The third-order valence-electron chi connectivity index (χ3n) is 4.45. The van der Waals surface area contributed by atoms with E-state index in [4.69, 9.17) is 4.74 Å². The van der Waals surface area contributed by atoms with Gasteiger partial charge in [0.1, 0.15) is 6.61 Å². The Hall–Kier alpha value is -3.60. The molecule has 148 valence electrons. The number of ether oxygens (including phenoxy) is 1. The molecule has 0 aromatic heterocycles. The zero-order valence-corrected chi connectivity index (χ0v) is 16.4. The van der Waals surface area contributed by atoms with Crippen LogP contribution in [0.3, 0.4) is 0 Å². The maximum absolute atomic E-state index is 12.4. The van der Waals surface area contributed by atoms with E-state index in [0.717, 1.165) is 22.3 Å². The van der Waals surface area contributed by atoms with Crippen molar-refractivity contribution in [1.29, 1.82) is 0 Å². The molecule has 0 aliphatic rings. The normalized spacial score (nSPS) is 10.2. The first kappa shape index (κ1) is 20.1. The zero-order chi connectivity index (χ0) is 20.5. The summed E-state index contributed by atoms with van der Waals surface area (Å²) < 4.78 is 5.28. The Balaban J connectivity index is 1.71. The molecular formula is C24H24N2O3. The molecular weight excluding hydrogens is 364 g/mol. The fraction of sp³-hybridized carbons (Fsp3) is 0.167. The number of nitrogens with one attached hydrogen (secondary N) is 2. The first-order chi connectivity index (χ1) is 14.2. The number of hydrogen-bond donors (Lipinski definition) is 2. The Labute approximate surface area is 170 Å². The van der Waals surface area contributed by atoms with Crippen molar-refractivity contribution < 1.29 is 14.3 Å². The lowest BCUT2D eigenvalue weighted by molar-refractivity contribution is 0.0956. The maximum Gasteiger partial charge on any atom is 0.407 e. The van der Waals surface area contributed by atoms with Crippen LogP contribution in [-0.2, 0) is 17.9 Å². The van der Waals surface area contributed by atoms with E-state index in [1.165, 1.54) is 0 Å². The van der Waals surface area contributed by atoms with Gasteiger partial charge in [0.05, 0.1) is 0 Å². The molecule has 5 nitrogen and oxygen atoms in total. The Morgan fingerprint density at radius 2 is 1.45 bits per heavy atom. The van der Waals surface area contributed by atoms with Crippen LogP contribution in [0.4, 0.5) is 4.79 Å².